The largest absolute Gasteiger partial charge is 1.00 e. The van der Waals surface area contributed by atoms with Crippen LogP contribution in [0, 0.1) is 11.8 Å². The van der Waals surface area contributed by atoms with E-state index in [1.807, 2.05) is 0 Å². The Balaban J connectivity index is 0.00000160. The van der Waals surface area contributed by atoms with Crippen LogP contribution in [-0.2, 0) is 23.2 Å². The van der Waals surface area contributed by atoms with E-state index in [4.69, 9.17) is 0 Å². The smallest absolute Gasteiger partial charge is 1.00 e. The zero-order valence-corrected chi connectivity index (χ0v) is 25.6. The molecule has 6 rings (SSSR count). The monoisotopic (exact) mass is 598 g/mol. The Kier molecular flexibility index (Phi) is 8.49. The van der Waals surface area contributed by atoms with E-state index in [-0.39, 0.29) is 24.8 Å². The van der Waals surface area contributed by atoms with Crippen molar-refractivity contribution in [2.75, 3.05) is 0 Å². The Morgan fingerprint density at radius 1 is 0.514 bits per heavy atom. The number of benzene rings is 4. The molecule has 2 aliphatic carbocycles. The summed E-state index contributed by atoms with van der Waals surface area (Å²) in [6.45, 7) is 9.55. The topological polar surface area (TPSA) is 0 Å². The van der Waals surface area contributed by atoms with Crippen molar-refractivity contribution in [3.05, 3.63) is 126 Å². The molecule has 0 bridgehead atoms. The molecule has 0 spiro atoms. The summed E-state index contributed by atoms with van der Waals surface area (Å²) < 4.78 is 3.48. The third-order valence-corrected chi connectivity index (χ3v) is 13.2. The van der Waals surface area contributed by atoms with Crippen molar-refractivity contribution in [3.8, 4) is 0 Å². The van der Waals surface area contributed by atoms with Gasteiger partial charge in [-0.15, -0.1) is 0 Å². The summed E-state index contributed by atoms with van der Waals surface area (Å²) >= 11 is -0.881. The van der Waals surface area contributed by atoms with Crippen LogP contribution >= 0.6 is 0 Å². The molecule has 2 unspecified atom stereocenters. The summed E-state index contributed by atoms with van der Waals surface area (Å²) in [5.74, 6) is 1.08. The minimum Gasteiger partial charge on any atom is -1.00 e. The molecule has 0 radical (unpaired) electrons. The number of fused-ring (bicyclic) bond motifs is 2. The molecule has 37 heavy (non-hydrogen) atoms. The second-order valence-corrected chi connectivity index (χ2v) is 13.3. The van der Waals surface area contributed by atoms with Crippen LogP contribution in [0.15, 0.2) is 115 Å². The molecule has 2 atom stereocenters. The Morgan fingerprint density at radius 3 is 1.30 bits per heavy atom. The van der Waals surface area contributed by atoms with Crippen molar-refractivity contribution in [2.24, 2.45) is 11.8 Å². The first kappa shape index (κ1) is 27.8. The number of halogens is 2. The van der Waals surface area contributed by atoms with E-state index in [2.05, 4.69) is 125 Å². The van der Waals surface area contributed by atoms with Gasteiger partial charge in [0.2, 0.25) is 0 Å². The second kappa shape index (κ2) is 11.3. The molecule has 0 fully saturated rings. The van der Waals surface area contributed by atoms with Gasteiger partial charge in [-0.05, 0) is 0 Å². The van der Waals surface area contributed by atoms with Gasteiger partial charge in [-0.1, -0.05) is 0 Å². The number of allylic oxidation sites excluding steroid dienone is 8. The average molecular weight is 601 g/mol. The minimum absolute atomic E-state index is 0. The van der Waals surface area contributed by atoms with Gasteiger partial charge < -0.3 is 24.8 Å². The first-order valence-electron chi connectivity index (χ1n) is 12.6. The predicted octanol–water partition coefficient (Wildman–Crippen LogP) is 3.40. The van der Waals surface area contributed by atoms with Crippen molar-refractivity contribution < 1.29 is 48.0 Å². The Bertz CT molecular complexity index is 1500. The van der Waals surface area contributed by atoms with E-state index >= 15 is 0 Å². The molecule has 2 aliphatic rings. The SMILES string of the molecule is CC1=[C]([Zr+2][C]2=C(C)C(c3ccc4ccccc4c3)=CC2C)C(C)C=C1c1ccc2ccccc2c1.[Cl-].[Cl-]. The zero-order chi connectivity index (χ0) is 24.1. The summed E-state index contributed by atoms with van der Waals surface area (Å²) in [6, 6.07) is 31.2. The fraction of sp³-hybridized carbons (Fsp3) is 0.176. The molecule has 0 saturated heterocycles. The molecular formula is C34H30Cl2Zr. The summed E-state index contributed by atoms with van der Waals surface area (Å²) in [6.07, 6.45) is 5.03. The average Bonchev–Trinajstić information content (AvgIpc) is 3.33. The van der Waals surface area contributed by atoms with Crippen LogP contribution in [0.25, 0.3) is 32.7 Å². The Morgan fingerprint density at radius 2 is 0.892 bits per heavy atom. The van der Waals surface area contributed by atoms with E-state index in [9.17, 15) is 0 Å². The molecule has 0 aliphatic heterocycles. The van der Waals surface area contributed by atoms with Crippen molar-refractivity contribution in [2.45, 2.75) is 27.7 Å². The molecule has 3 heteroatoms. The number of rotatable bonds is 4. The minimum atomic E-state index is -0.881. The quantitative estimate of drug-likeness (QED) is 0.337. The van der Waals surface area contributed by atoms with Gasteiger partial charge in [0.15, 0.2) is 0 Å². The van der Waals surface area contributed by atoms with E-state index < -0.39 is 23.2 Å². The normalized spacial score (nSPS) is 18.9. The van der Waals surface area contributed by atoms with Crippen LogP contribution in [0.5, 0.6) is 0 Å². The maximum atomic E-state index is 2.52. The van der Waals surface area contributed by atoms with Crippen LogP contribution in [0.3, 0.4) is 0 Å². The molecule has 0 heterocycles. The van der Waals surface area contributed by atoms with Gasteiger partial charge in [0.05, 0.1) is 0 Å². The van der Waals surface area contributed by atoms with Gasteiger partial charge >= 0.3 is 221 Å². The standard InChI is InChI=1S/2C17H15.2ClH.Zr/c2*1-12-9-13(2)17(10-12)16-8-7-14-5-3-4-6-15(14)11-16;;;/h2*3-8,10-12H,1-2H3;2*1H;/q;;;;+2/p-2. The Hall–Kier alpha value is -2.18. The van der Waals surface area contributed by atoms with Crippen LogP contribution in [0.1, 0.15) is 38.8 Å². The van der Waals surface area contributed by atoms with E-state index in [0.717, 1.165) is 0 Å². The van der Waals surface area contributed by atoms with Crippen molar-refractivity contribution >= 4 is 32.7 Å². The van der Waals surface area contributed by atoms with Gasteiger partial charge in [0, 0.05) is 0 Å². The molecule has 0 amide bonds. The summed E-state index contributed by atoms with van der Waals surface area (Å²) in [5.41, 5.74) is 8.69. The van der Waals surface area contributed by atoms with Crippen LogP contribution in [-0.4, -0.2) is 0 Å². The van der Waals surface area contributed by atoms with Crippen molar-refractivity contribution in [1.82, 2.24) is 0 Å². The summed E-state index contributed by atoms with van der Waals surface area (Å²) in [4.78, 5) is 0. The molecule has 0 aromatic heterocycles. The molecule has 0 saturated carbocycles. The second-order valence-electron chi connectivity index (χ2n) is 10.1. The Labute approximate surface area is 244 Å². The van der Waals surface area contributed by atoms with Gasteiger partial charge in [-0.3, -0.25) is 0 Å². The molecule has 4 aromatic carbocycles. The third-order valence-electron chi connectivity index (χ3n) is 7.75. The van der Waals surface area contributed by atoms with Gasteiger partial charge in [0.25, 0.3) is 0 Å². The maximum absolute atomic E-state index is 2.52. The molecule has 0 N–H and O–H groups in total. The third kappa shape index (κ3) is 5.12. The van der Waals surface area contributed by atoms with Crippen LogP contribution < -0.4 is 24.8 Å². The van der Waals surface area contributed by atoms with E-state index in [1.54, 1.807) is 6.56 Å². The van der Waals surface area contributed by atoms with Gasteiger partial charge in [-0.25, -0.2) is 0 Å². The fourth-order valence-corrected chi connectivity index (χ4v) is 9.62. The van der Waals surface area contributed by atoms with Crippen molar-refractivity contribution in [1.29, 1.82) is 0 Å². The molecule has 0 nitrogen and oxygen atoms in total. The van der Waals surface area contributed by atoms with E-state index in [0.29, 0.717) is 11.8 Å². The van der Waals surface area contributed by atoms with Crippen molar-refractivity contribution in [3.63, 3.8) is 0 Å². The number of hydrogen-bond donors (Lipinski definition) is 0. The molecular weight excluding hydrogens is 571 g/mol. The van der Waals surface area contributed by atoms with Gasteiger partial charge in [0.1, 0.15) is 0 Å². The summed E-state index contributed by atoms with van der Waals surface area (Å²) in [5, 5.41) is 5.28. The summed E-state index contributed by atoms with van der Waals surface area (Å²) in [7, 11) is 0. The first-order chi connectivity index (χ1) is 17.0. The number of hydrogen-bond acceptors (Lipinski definition) is 0. The van der Waals surface area contributed by atoms with E-state index in [1.165, 1.54) is 55.0 Å². The maximum Gasteiger partial charge on any atom is -1.00 e. The van der Waals surface area contributed by atoms with Crippen LogP contribution in [0.2, 0.25) is 0 Å². The predicted molar refractivity (Wildman–Crippen MR) is 148 cm³/mol. The van der Waals surface area contributed by atoms with Gasteiger partial charge in [-0.2, -0.15) is 0 Å². The fourth-order valence-electron chi connectivity index (χ4n) is 5.79. The molecule has 4 aromatic rings. The van der Waals surface area contributed by atoms with Crippen LogP contribution in [0.4, 0.5) is 0 Å². The zero-order valence-electron chi connectivity index (χ0n) is 21.6. The molecule has 184 valence electrons. The first-order valence-corrected chi connectivity index (χ1v) is 15.1.